The maximum absolute atomic E-state index is 11.4. The summed E-state index contributed by atoms with van der Waals surface area (Å²) in [4.78, 5) is 65.8. The second kappa shape index (κ2) is 21.3. The molecule has 0 aromatic heterocycles. The average molecular weight is 542 g/mol. The van der Waals surface area contributed by atoms with Gasteiger partial charge in [-0.1, -0.05) is 0 Å². The Bertz CT molecular complexity index is 638. The molecule has 0 aliphatic rings. The molecule has 0 saturated carbocycles. The number of carbonyl (C=O) groups is 6. The van der Waals surface area contributed by atoms with E-state index in [-0.39, 0.29) is 168 Å². The molecule has 0 rings (SSSR count). The number of aliphatic hydroxyl groups excluding tert-OH is 6. The maximum atomic E-state index is 11.4. The first-order valence-corrected chi connectivity index (χ1v) is 6.77. The predicted octanol–water partition coefficient (Wildman–Crippen LogP) is -18.1. The maximum Gasteiger partial charge on any atom is 1.00 e. The van der Waals surface area contributed by atoms with Crippen molar-refractivity contribution < 1.29 is 247 Å². The van der Waals surface area contributed by atoms with Gasteiger partial charge in [0, 0.05) is 0 Å². The van der Waals surface area contributed by atoms with Gasteiger partial charge in [0.05, 0.1) is 0 Å². The number of carboxylic acid groups (broad SMARTS) is 2. The van der Waals surface area contributed by atoms with E-state index in [1.807, 2.05) is 0 Å². The molecule has 0 heterocycles. The Hall–Kier alpha value is 2.25. The zero-order valence-corrected chi connectivity index (χ0v) is 27.6. The molecular weight excluding hydrogens is 524 g/mol. The van der Waals surface area contributed by atoms with Crippen LogP contribution < -0.4 is 162 Å². The van der Waals surface area contributed by atoms with Crippen LogP contribution in [0.4, 0.5) is 0 Å². The molecule has 6 unspecified atom stereocenters. The van der Waals surface area contributed by atoms with E-state index in [9.17, 15) is 39.0 Å². The molecule has 6 atom stereocenters. The van der Waals surface area contributed by atoms with Crippen molar-refractivity contribution in [1.82, 2.24) is 0 Å². The molecule has 32 heavy (non-hydrogen) atoms. The standard InChI is InChI=1S/C12H14O16.2K.2Na.4H/c13-1(7(19)20)3(15)9(23)27-11(25)5(17)6(18)12(26)28-10(24)4(16)2(14)8(21)22;;;;;;;;/h1-6,13-18H,(H,19,20)(H,21,22);;;;;;;;/q;4*+1;4*-1. The number of rotatable bonds is 9. The summed E-state index contributed by atoms with van der Waals surface area (Å²) in [6, 6.07) is 0. The van der Waals surface area contributed by atoms with Gasteiger partial charge >= 0.3 is 198 Å². The number of aliphatic hydroxyl groups is 6. The Morgan fingerprint density at radius 1 is 0.469 bits per heavy atom. The molecule has 0 aromatic carbocycles. The smallest absolute Gasteiger partial charge is 1.00 e. The van der Waals surface area contributed by atoms with Crippen molar-refractivity contribution in [2.75, 3.05) is 0 Å². The van der Waals surface area contributed by atoms with Gasteiger partial charge in [0.2, 0.25) is 0 Å². The van der Waals surface area contributed by atoms with Crippen molar-refractivity contribution in [3.63, 3.8) is 0 Å². The largest absolute Gasteiger partial charge is 1.00 e. The first-order valence-electron chi connectivity index (χ1n) is 6.77. The van der Waals surface area contributed by atoms with Gasteiger partial charge in [-0.2, -0.15) is 0 Å². The normalized spacial score (nSPS) is 15.1. The Balaban J connectivity index is -0.000000130. The van der Waals surface area contributed by atoms with Gasteiger partial charge < -0.3 is 56.0 Å². The summed E-state index contributed by atoms with van der Waals surface area (Å²) in [5, 5.41) is 71.3. The van der Waals surface area contributed by atoms with E-state index in [1.165, 1.54) is 0 Å². The van der Waals surface area contributed by atoms with Gasteiger partial charge in [-0.3, -0.25) is 0 Å². The molecule has 0 saturated heterocycles. The third-order valence-corrected chi connectivity index (χ3v) is 2.77. The van der Waals surface area contributed by atoms with Gasteiger partial charge in [-0.05, 0) is 0 Å². The fourth-order valence-corrected chi connectivity index (χ4v) is 1.23. The summed E-state index contributed by atoms with van der Waals surface area (Å²) in [5.41, 5.74) is 0. The van der Waals surface area contributed by atoms with Crippen molar-refractivity contribution in [2.24, 2.45) is 0 Å². The molecular formula is C12H18K2Na2O16. The summed E-state index contributed by atoms with van der Waals surface area (Å²) >= 11 is 0. The van der Waals surface area contributed by atoms with Crippen LogP contribution in [0.5, 0.6) is 0 Å². The molecule has 0 amide bonds. The van der Waals surface area contributed by atoms with Gasteiger partial charge in [0.25, 0.3) is 0 Å². The molecule has 0 spiro atoms. The number of hydrogen-bond acceptors (Lipinski definition) is 14. The van der Waals surface area contributed by atoms with Crippen molar-refractivity contribution >= 4 is 35.8 Å². The van der Waals surface area contributed by atoms with Crippen molar-refractivity contribution in [2.45, 2.75) is 36.6 Å². The topological polar surface area (TPSA) is 283 Å². The Kier molecular flexibility index (Phi) is 29.5. The number of esters is 4. The van der Waals surface area contributed by atoms with Gasteiger partial charge in [0.1, 0.15) is 0 Å². The van der Waals surface area contributed by atoms with Crippen molar-refractivity contribution in [3.8, 4) is 0 Å². The molecule has 0 aliphatic heterocycles. The Morgan fingerprint density at radius 2 is 0.625 bits per heavy atom. The van der Waals surface area contributed by atoms with E-state index in [0.29, 0.717) is 0 Å². The summed E-state index contributed by atoms with van der Waals surface area (Å²) in [5.74, 6) is -12.6. The van der Waals surface area contributed by atoms with Crippen LogP contribution in [0.1, 0.15) is 5.71 Å². The van der Waals surface area contributed by atoms with Crippen LogP contribution in [0.3, 0.4) is 0 Å². The first-order chi connectivity index (χ1) is 12.7. The predicted molar refractivity (Wildman–Crippen MR) is 78.0 cm³/mol. The Labute approximate surface area is 313 Å². The van der Waals surface area contributed by atoms with Crippen LogP contribution in [0.25, 0.3) is 0 Å². The molecule has 8 N–H and O–H groups in total. The van der Waals surface area contributed by atoms with Crippen LogP contribution >= 0.6 is 0 Å². The number of hydrogen-bond donors (Lipinski definition) is 8. The minimum Gasteiger partial charge on any atom is -1.00 e. The van der Waals surface area contributed by atoms with Crippen LogP contribution in [-0.2, 0) is 38.2 Å². The van der Waals surface area contributed by atoms with Crippen LogP contribution in [0, 0.1) is 0 Å². The molecule has 0 aromatic rings. The van der Waals surface area contributed by atoms with E-state index in [0.717, 1.165) is 0 Å². The van der Waals surface area contributed by atoms with Crippen molar-refractivity contribution in [3.05, 3.63) is 0 Å². The van der Waals surface area contributed by atoms with E-state index in [2.05, 4.69) is 9.47 Å². The fourth-order valence-electron chi connectivity index (χ4n) is 1.23. The van der Waals surface area contributed by atoms with Gasteiger partial charge in [-0.25, -0.2) is 28.8 Å². The second-order valence-electron chi connectivity index (χ2n) is 4.83. The molecule has 20 heteroatoms. The molecule has 0 bridgehead atoms. The zero-order chi connectivity index (χ0) is 22.3. The van der Waals surface area contributed by atoms with E-state index in [4.69, 9.17) is 30.6 Å². The van der Waals surface area contributed by atoms with E-state index < -0.39 is 72.4 Å². The third kappa shape index (κ3) is 14.7. The second-order valence-corrected chi connectivity index (χ2v) is 4.83. The third-order valence-electron chi connectivity index (χ3n) is 2.77. The molecule has 16 nitrogen and oxygen atoms in total. The summed E-state index contributed by atoms with van der Waals surface area (Å²) in [7, 11) is 0. The SMILES string of the molecule is O=C(O)C(O)C(O)C(=O)OC(=O)C(O)C(O)C(=O)OC(=O)C(O)C(O)C(=O)O.[H-].[H-].[H-].[H-].[K+].[K+].[Na+].[Na+]. The average Bonchev–Trinajstić information content (AvgIpc) is 2.63. The number of carboxylic acids is 2. The quantitative estimate of drug-likeness (QED) is 0.0762. The Morgan fingerprint density at radius 3 is 0.781 bits per heavy atom. The van der Waals surface area contributed by atoms with Crippen molar-refractivity contribution in [1.29, 1.82) is 0 Å². The van der Waals surface area contributed by atoms with Gasteiger partial charge in [-0.15, -0.1) is 0 Å². The molecule has 0 fully saturated rings. The zero-order valence-electron chi connectivity index (χ0n) is 21.3. The first kappa shape index (κ1) is 44.3. The van der Waals surface area contributed by atoms with Crippen LogP contribution in [0.2, 0.25) is 0 Å². The van der Waals surface area contributed by atoms with Gasteiger partial charge in [0.15, 0.2) is 36.6 Å². The van der Waals surface area contributed by atoms with E-state index in [1.54, 1.807) is 0 Å². The summed E-state index contributed by atoms with van der Waals surface area (Å²) in [6.45, 7) is 0. The monoisotopic (exact) mass is 542 g/mol. The number of ether oxygens (including phenoxy) is 2. The fraction of sp³-hybridized carbons (Fsp3) is 0.500. The van der Waals surface area contributed by atoms with Crippen LogP contribution in [0.15, 0.2) is 0 Å². The van der Waals surface area contributed by atoms with E-state index >= 15 is 0 Å². The van der Waals surface area contributed by atoms with Crippen LogP contribution in [-0.4, -0.2) is 113 Å². The summed E-state index contributed by atoms with van der Waals surface area (Å²) in [6.07, 6.45) is -16.9. The molecule has 0 aliphatic carbocycles. The molecule has 166 valence electrons. The number of aliphatic carboxylic acids is 2. The minimum absolute atomic E-state index is 0. The molecule has 0 radical (unpaired) electrons. The summed E-state index contributed by atoms with van der Waals surface area (Å²) < 4.78 is 7.44. The number of carbonyl (C=O) groups excluding carboxylic acids is 4. The minimum atomic E-state index is -2.94.